The van der Waals surface area contributed by atoms with E-state index in [9.17, 15) is 15.0 Å². The van der Waals surface area contributed by atoms with Crippen LogP contribution >= 0.6 is 11.8 Å². The molecule has 61 heavy (non-hydrogen) atoms. The molecule has 7 rings (SSSR count). The first-order chi connectivity index (χ1) is 30.0. The van der Waals surface area contributed by atoms with Crippen LogP contribution in [0.15, 0.2) is 125 Å². The van der Waals surface area contributed by atoms with Gasteiger partial charge in [-0.25, -0.2) is 4.79 Å². The van der Waals surface area contributed by atoms with E-state index in [1.165, 1.54) is 12.0 Å². The van der Waals surface area contributed by atoms with Crippen LogP contribution in [0.3, 0.4) is 0 Å². The molecule has 324 valence electrons. The zero-order chi connectivity index (χ0) is 42.6. The molecule has 2 aliphatic carbocycles. The van der Waals surface area contributed by atoms with Gasteiger partial charge in [-0.05, 0) is 96.7 Å². The first-order valence-electron chi connectivity index (χ1n) is 21.8. The van der Waals surface area contributed by atoms with Crippen molar-refractivity contribution < 1.29 is 38.8 Å². The number of aliphatic hydroxyl groups excluding tert-OH is 2. The number of ether oxygens (including phenoxy) is 4. The Balaban J connectivity index is 1.39. The average Bonchev–Trinajstić information content (AvgIpc) is 3.29. The summed E-state index contributed by atoms with van der Waals surface area (Å²) >= 11 is 1.75. The van der Waals surface area contributed by atoms with E-state index in [2.05, 4.69) is 49.1 Å². The molecule has 1 amide bonds. The maximum absolute atomic E-state index is 14.4. The van der Waals surface area contributed by atoms with Gasteiger partial charge in [-0.15, -0.1) is 18.3 Å². The lowest BCUT2D eigenvalue weighted by atomic mass is 9.55. The number of hydrogen-bond donors (Lipinski definition) is 2. The van der Waals surface area contributed by atoms with E-state index in [4.69, 9.17) is 28.9 Å². The Morgan fingerprint density at radius 2 is 1.75 bits per heavy atom. The average molecular weight is 849 g/mol. The zero-order valence-electron chi connectivity index (χ0n) is 35.5. The summed E-state index contributed by atoms with van der Waals surface area (Å²) in [5.74, 6) is 0.410. The molecule has 0 unspecified atom stereocenters. The normalized spacial score (nSPS) is 23.3. The summed E-state index contributed by atoms with van der Waals surface area (Å²) in [6.45, 7) is 7.48. The van der Waals surface area contributed by atoms with Gasteiger partial charge in [0.1, 0.15) is 24.1 Å². The van der Waals surface area contributed by atoms with Crippen LogP contribution in [0.4, 0.5) is 4.79 Å². The van der Waals surface area contributed by atoms with E-state index in [1.807, 2.05) is 61.5 Å². The summed E-state index contributed by atoms with van der Waals surface area (Å²) in [6, 6.07) is 30.0. The van der Waals surface area contributed by atoms with Crippen LogP contribution < -0.4 is 9.47 Å². The van der Waals surface area contributed by atoms with Crippen LogP contribution in [0.25, 0.3) is 10.8 Å². The van der Waals surface area contributed by atoms with Crippen molar-refractivity contribution in [3.8, 4) is 11.5 Å². The third-order valence-electron chi connectivity index (χ3n) is 12.3. The number of benzene rings is 4. The van der Waals surface area contributed by atoms with E-state index in [1.54, 1.807) is 22.7 Å². The van der Waals surface area contributed by atoms with Crippen molar-refractivity contribution in [2.45, 2.75) is 81.1 Å². The van der Waals surface area contributed by atoms with Crippen LogP contribution in [0.5, 0.6) is 11.5 Å². The Bertz CT molecular complexity index is 2140. The number of amides is 1. The lowest BCUT2D eigenvalue weighted by molar-refractivity contribution is -0.256. The second-order valence-electron chi connectivity index (χ2n) is 15.9. The number of rotatable bonds is 21. The number of aliphatic hydroxyl groups is 2. The van der Waals surface area contributed by atoms with E-state index in [-0.39, 0.29) is 50.5 Å². The third kappa shape index (κ3) is 9.81. The maximum atomic E-state index is 14.4. The summed E-state index contributed by atoms with van der Waals surface area (Å²) in [5.41, 5.74) is 3.70. The highest BCUT2D eigenvalue weighted by Gasteiger charge is 2.65. The molecule has 1 aliphatic heterocycles. The fourth-order valence-corrected chi connectivity index (χ4v) is 10.5. The highest BCUT2D eigenvalue weighted by molar-refractivity contribution is 7.99. The summed E-state index contributed by atoms with van der Waals surface area (Å²) in [4.78, 5) is 23.2. The predicted molar refractivity (Wildman–Crippen MR) is 241 cm³/mol. The van der Waals surface area contributed by atoms with Gasteiger partial charge < -0.3 is 34.0 Å². The van der Waals surface area contributed by atoms with Gasteiger partial charge in [-0.3, -0.25) is 4.90 Å². The standard InChI is InChI=1S/C50H60N2O8S/c1-4-28-58-50-46(52(49(55)56-3)34-37-19-15-18-35-16-9-10-22-40(35)37)33-44(51-59-5-2)42-31-36(17-11-13-26-53)41(23-12-14-27-54)47(48(42)50)43-32-38(24-25-45(43)60-50)57-29-30-61-39-20-7-6-8-21-39/h4,6-10,15-16,18-22,24-25,31-32,36,41,46-48,53-54H,1,5,11-14,17,23,26-30,33-34H2,2-3H3/t36-,41+,46-,47+,48+,50+/m0/s1. The largest absolute Gasteiger partial charge is 0.493 e. The summed E-state index contributed by atoms with van der Waals surface area (Å²) in [5, 5.41) is 26.8. The molecule has 6 atom stereocenters. The van der Waals surface area contributed by atoms with Crippen LogP contribution in [-0.4, -0.2) is 84.6 Å². The summed E-state index contributed by atoms with van der Waals surface area (Å²) < 4.78 is 26.6. The number of methoxy groups -OCH3 is 1. The number of fused-ring (bicyclic) bond motifs is 3. The molecule has 4 aromatic carbocycles. The second kappa shape index (κ2) is 21.3. The van der Waals surface area contributed by atoms with Crippen molar-refractivity contribution in [1.82, 2.24) is 4.90 Å². The SMILES string of the molecule is C=CCO[C@@]12Oc3ccc(OCCSc4ccccc4)cc3[C@H]3[C@H](CCCCO)[C@@H](CCCCO)C=C(C(=NOCC)C[C@@H]1N(Cc1cccc4ccccc14)C(=O)OC)[C@H]32. The number of thioether (sulfide) groups is 1. The summed E-state index contributed by atoms with van der Waals surface area (Å²) in [6.07, 6.45) is 8.60. The highest BCUT2D eigenvalue weighted by Crippen LogP contribution is 2.62. The van der Waals surface area contributed by atoms with Crippen molar-refractivity contribution in [1.29, 1.82) is 0 Å². The lowest BCUT2D eigenvalue weighted by Crippen LogP contribution is -2.70. The highest BCUT2D eigenvalue weighted by atomic mass is 32.2. The molecule has 0 bridgehead atoms. The van der Waals surface area contributed by atoms with Crippen LogP contribution in [-0.2, 0) is 20.9 Å². The minimum atomic E-state index is -1.40. The van der Waals surface area contributed by atoms with Crippen molar-refractivity contribution in [3.63, 3.8) is 0 Å². The van der Waals surface area contributed by atoms with Gasteiger partial charge >= 0.3 is 6.09 Å². The first-order valence-corrected chi connectivity index (χ1v) is 22.8. The van der Waals surface area contributed by atoms with Gasteiger partial charge in [-0.1, -0.05) is 90.8 Å². The fraction of sp³-hybridized carbons (Fsp3) is 0.440. The van der Waals surface area contributed by atoms with Gasteiger partial charge in [0.15, 0.2) is 0 Å². The molecule has 3 aliphatic rings. The Morgan fingerprint density at radius 3 is 2.52 bits per heavy atom. The first kappa shape index (κ1) is 44.3. The third-order valence-corrected chi connectivity index (χ3v) is 13.3. The Kier molecular flexibility index (Phi) is 15.5. The quantitative estimate of drug-likeness (QED) is 0.0366. The zero-order valence-corrected chi connectivity index (χ0v) is 36.3. The van der Waals surface area contributed by atoms with Crippen molar-refractivity contribution in [2.24, 2.45) is 22.9 Å². The molecular weight excluding hydrogens is 789 g/mol. The molecule has 1 heterocycles. The second-order valence-corrected chi connectivity index (χ2v) is 17.1. The number of hydrogen-bond acceptors (Lipinski definition) is 10. The van der Waals surface area contributed by atoms with Crippen LogP contribution in [0, 0.1) is 17.8 Å². The van der Waals surface area contributed by atoms with E-state index in [0.717, 1.165) is 70.4 Å². The van der Waals surface area contributed by atoms with Gasteiger partial charge in [0.25, 0.3) is 0 Å². The number of nitrogens with zero attached hydrogens (tertiary/aromatic N) is 2. The van der Waals surface area contributed by atoms with E-state index >= 15 is 0 Å². The number of carbonyl (C=O) groups is 1. The predicted octanol–water partition coefficient (Wildman–Crippen LogP) is 9.93. The Morgan fingerprint density at radius 1 is 0.984 bits per heavy atom. The van der Waals surface area contributed by atoms with Gasteiger partial charge in [0, 0.05) is 41.8 Å². The minimum absolute atomic E-state index is 0.0916. The topological polar surface area (TPSA) is 119 Å². The molecule has 0 radical (unpaired) electrons. The molecule has 1 saturated carbocycles. The molecule has 11 heteroatoms. The Labute approximate surface area is 364 Å². The van der Waals surface area contributed by atoms with Crippen LogP contribution in [0.1, 0.15) is 68.9 Å². The van der Waals surface area contributed by atoms with E-state index in [0.29, 0.717) is 31.8 Å². The smallest absolute Gasteiger partial charge is 0.410 e. The monoisotopic (exact) mass is 848 g/mol. The molecule has 2 N–H and O–H groups in total. The van der Waals surface area contributed by atoms with E-state index < -0.39 is 23.8 Å². The number of oxime groups is 1. The fourth-order valence-electron chi connectivity index (χ4n) is 9.75. The molecular formula is C50H60N2O8S. The number of allylic oxidation sites excluding steroid dienone is 1. The minimum Gasteiger partial charge on any atom is -0.493 e. The molecule has 1 fully saturated rings. The summed E-state index contributed by atoms with van der Waals surface area (Å²) in [7, 11) is 1.41. The number of unbranched alkanes of at least 4 members (excludes halogenated alkanes) is 2. The van der Waals surface area contributed by atoms with Crippen LogP contribution in [0.2, 0.25) is 0 Å². The maximum Gasteiger partial charge on any atom is 0.410 e. The molecule has 0 saturated heterocycles. The van der Waals surface area contributed by atoms with Gasteiger partial charge in [-0.2, -0.15) is 0 Å². The van der Waals surface area contributed by atoms with Crippen molar-refractivity contribution in [2.75, 3.05) is 45.9 Å². The number of carbonyl (C=O) groups excluding carboxylic acids is 1. The molecule has 0 aromatic heterocycles. The van der Waals surface area contributed by atoms with Gasteiger partial charge in [0.05, 0.1) is 38.5 Å². The lowest BCUT2D eigenvalue weighted by Gasteiger charge is -2.59. The molecule has 0 spiro atoms. The van der Waals surface area contributed by atoms with Gasteiger partial charge in [0.2, 0.25) is 5.79 Å². The molecule has 4 aromatic rings. The Hall–Kier alpha value is -4.81. The van der Waals surface area contributed by atoms with Crippen molar-refractivity contribution in [3.05, 3.63) is 126 Å². The van der Waals surface area contributed by atoms with Crippen molar-refractivity contribution >= 4 is 34.3 Å². The molecule has 10 nitrogen and oxygen atoms in total.